The minimum absolute atomic E-state index is 0.0980. The fourth-order valence-corrected chi connectivity index (χ4v) is 2.67. The molecule has 2 nitrogen and oxygen atoms in total. The van der Waals surface area contributed by atoms with E-state index in [1.165, 1.54) is 5.56 Å². The lowest BCUT2D eigenvalue weighted by molar-refractivity contribution is -0.111. The van der Waals surface area contributed by atoms with Crippen LogP contribution in [0.15, 0.2) is 48.5 Å². The van der Waals surface area contributed by atoms with Crippen molar-refractivity contribution in [2.45, 2.75) is 46.5 Å². The molecule has 0 saturated carbocycles. The van der Waals surface area contributed by atoms with Crippen LogP contribution in [0.1, 0.15) is 61.8 Å². The molecule has 2 aromatic carbocycles. The molecule has 0 aliphatic rings. The van der Waals surface area contributed by atoms with Gasteiger partial charge in [0.15, 0.2) is 0 Å². The van der Waals surface area contributed by atoms with Crippen molar-refractivity contribution >= 4 is 17.7 Å². The van der Waals surface area contributed by atoms with Crippen LogP contribution >= 0.6 is 0 Å². The van der Waals surface area contributed by atoms with Gasteiger partial charge in [0.25, 0.3) is 0 Å². The van der Waals surface area contributed by atoms with Crippen LogP contribution in [0.5, 0.6) is 0 Å². The number of amides is 1. The lowest BCUT2D eigenvalue weighted by Crippen LogP contribution is -2.11. The Morgan fingerprint density at radius 2 is 1.62 bits per heavy atom. The van der Waals surface area contributed by atoms with E-state index in [1.807, 2.05) is 37.3 Å². The third-order valence-corrected chi connectivity index (χ3v) is 4.21. The molecule has 0 aromatic heterocycles. The van der Waals surface area contributed by atoms with E-state index < -0.39 is 0 Å². The van der Waals surface area contributed by atoms with E-state index >= 15 is 0 Å². The van der Waals surface area contributed by atoms with Gasteiger partial charge in [0.2, 0.25) is 5.91 Å². The molecule has 24 heavy (non-hydrogen) atoms. The summed E-state index contributed by atoms with van der Waals surface area (Å²) in [6, 6.07) is 14.4. The summed E-state index contributed by atoms with van der Waals surface area (Å²) in [6.45, 7) is 10.6. The highest BCUT2D eigenvalue weighted by Crippen LogP contribution is 2.27. The molecule has 0 saturated heterocycles. The van der Waals surface area contributed by atoms with E-state index in [0.717, 1.165) is 22.4 Å². The largest absolute Gasteiger partial charge is 0.322 e. The molecule has 0 unspecified atom stereocenters. The van der Waals surface area contributed by atoms with Crippen molar-refractivity contribution in [1.82, 2.24) is 0 Å². The van der Waals surface area contributed by atoms with Crippen molar-refractivity contribution in [3.8, 4) is 0 Å². The van der Waals surface area contributed by atoms with Crippen molar-refractivity contribution in [2.75, 3.05) is 5.32 Å². The summed E-state index contributed by atoms with van der Waals surface area (Å²) in [7, 11) is 0. The molecule has 126 valence electrons. The van der Waals surface area contributed by atoms with Crippen LogP contribution in [0, 0.1) is 6.92 Å². The molecule has 0 spiro atoms. The van der Waals surface area contributed by atoms with Crippen LogP contribution in [-0.2, 0) is 4.79 Å². The van der Waals surface area contributed by atoms with Gasteiger partial charge < -0.3 is 5.32 Å². The Bertz CT molecular complexity index is 724. The number of anilines is 1. The molecule has 0 heterocycles. The van der Waals surface area contributed by atoms with Crippen LogP contribution in [-0.4, -0.2) is 5.91 Å². The number of carbonyl (C=O) groups excluding carboxylic acids is 1. The van der Waals surface area contributed by atoms with E-state index in [9.17, 15) is 4.79 Å². The topological polar surface area (TPSA) is 29.1 Å². The predicted octanol–water partition coefficient (Wildman–Crippen LogP) is 5.89. The van der Waals surface area contributed by atoms with Crippen molar-refractivity contribution in [3.05, 3.63) is 70.8 Å². The van der Waals surface area contributed by atoms with Crippen molar-refractivity contribution in [3.63, 3.8) is 0 Å². The molecule has 0 atom stereocenters. The quantitative estimate of drug-likeness (QED) is 0.683. The Morgan fingerprint density at radius 3 is 2.21 bits per heavy atom. The number of hydrogen-bond donors (Lipinski definition) is 1. The molecular formula is C22H27NO. The maximum atomic E-state index is 12.3. The van der Waals surface area contributed by atoms with Gasteiger partial charge in [0, 0.05) is 11.8 Å². The smallest absolute Gasteiger partial charge is 0.248 e. The molecule has 0 bridgehead atoms. The van der Waals surface area contributed by atoms with Crippen LogP contribution < -0.4 is 5.32 Å². The zero-order valence-electron chi connectivity index (χ0n) is 15.3. The second kappa shape index (κ2) is 7.96. The maximum Gasteiger partial charge on any atom is 0.248 e. The van der Waals surface area contributed by atoms with Gasteiger partial charge >= 0.3 is 0 Å². The highest BCUT2D eigenvalue weighted by Gasteiger charge is 2.10. The van der Waals surface area contributed by atoms with E-state index in [0.29, 0.717) is 11.8 Å². The highest BCUT2D eigenvalue weighted by molar-refractivity contribution is 6.02. The number of hydrogen-bond acceptors (Lipinski definition) is 1. The Kier molecular flexibility index (Phi) is 5.97. The summed E-state index contributed by atoms with van der Waals surface area (Å²) in [5, 5.41) is 3.03. The Labute approximate surface area is 145 Å². The first-order chi connectivity index (χ1) is 11.4. The average Bonchev–Trinajstić information content (AvgIpc) is 2.55. The number of benzene rings is 2. The lowest BCUT2D eigenvalue weighted by atomic mass is 9.98. The molecule has 0 fully saturated rings. The van der Waals surface area contributed by atoms with Crippen LogP contribution in [0.4, 0.5) is 5.69 Å². The van der Waals surface area contributed by atoms with Gasteiger partial charge in [-0.25, -0.2) is 0 Å². The first-order valence-electron chi connectivity index (χ1n) is 8.57. The van der Waals surface area contributed by atoms with Crippen LogP contribution in [0.2, 0.25) is 0 Å². The fourth-order valence-electron chi connectivity index (χ4n) is 2.67. The lowest BCUT2D eigenvalue weighted by Gasteiger charge is -2.15. The molecule has 0 aliphatic carbocycles. The zero-order valence-corrected chi connectivity index (χ0v) is 15.3. The molecule has 2 aromatic rings. The van der Waals surface area contributed by atoms with Crippen molar-refractivity contribution in [2.24, 2.45) is 0 Å². The van der Waals surface area contributed by atoms with E-state index in [2.05, 4.69) is 51.2 Å². The average molecular weight is 321 g/mol. The fraction of sp³-hybridized carbons (Fsp3) is 0.318. The first-order valence-corrected chi connectivity index (χ1v) is 8.57. The van der Waals surface area contributed by atoms with Gasteiger partial charge in [-0.1, -0.05) is 70.2 Å². The normalized spacial score (nSPS) is 11.5. The third-order valence-electron chi connectivity index (χ3n) is 4.21. The molecule has 1 N–H and O–H groups in total. The van der Waals surface area contributed by atoms with Crippen LogP contribution in [0.3, 0.4) is 0 Å². The van der Waals surface area contributed by atoms with Gasteiger partial charge in [-0.2, -0.15) is 0 Å². The van der Waals surface area contributed by atoms with Crippen molar-refractivity contribution in [1.29, 1.82) is 0 Å². The standard InChI is InChI=1S/C22H27NO/c1-15(2)19-12-9-18(10-13-19)11-14-21(24)23-22-17(5)7-6-8-20(22)16(3)4/h6-16H,1-5H3,(H,23,24). The molecule has 0 aliphatic heterocycles. The Balaban J connectivity index is 2.11. The monoisotopic (exact) mass is 321 g/mol. The van der Waals surface area contributed by atoms with E-state index in [4.69, 9.17) is 0 Å². The number of carbonyl (C=O) groups is 1. The van der Waals surface area contributed by atoms with Gasteiger partial charge in [0.1, 0.15) is 0 Å². The molecular weight excluding hydrogens is 294 g/mol. The minimum atomic E-state index is -0.0980. The van der Waals surface area contributed by atoms with Crippen molar-refractivity contribution < 1.29 is 4.79 Å². The SMILES string of the molecule is Cc1cccc(C(C)C)c1NC(=O)C=Cc1ccc(C(C)C)cc1. The summed E-state index contributed by atoms with van der Waals surface area (Å²) in [6.07, 6.45) is 3.45. The van der Waals surface area contributed by atoms with E-state index in [1.54, 1.807) is 6.08 Å². The molecule has 0 radical (unpaired) electrons. The molecule has 2 heteroatoms. The third kappa shape index (κ3) is 4.58. The summed E-state index contributed by atoms with van der Waals surface area (Å²) in [4.78, 5) is 12.3. The molecule has 1 amide bonds. The van der Waals surface area contributed by atoms with Gasteiger partial charge in [-0.05, 0) is 47.1 Å². The number of rotatable bonds is 5. The van der Waals surface area contributed by atoms with Gasteiger partial charge in [-0.15, -0.1) is 0 Å². The van der Waals surface area contributed by atoms with Gasteiger partial charge in [0.05, 0.1) is 0 Å². The molecule has 2 rings (SSSR count). The summed E-state index contributed by atoms with van der Waals surface area (Å²) >= 11 is 0. The maximum absolute atomic E-state index is 12.3. The number of aryl methyl sites for hydroxylation is 1. The van der Waals surface area contributed by atoms with E-state index in [-0.39, 0.29) is 5.91 Å². The second-order valence-electron chi connectivity index (χ2n) is 6.84. The van der Waals surface area contributed by atoms with Gasteiger partial charge in [-0.3, -0.25) is 4.79 Å². The number of para-hydroxylation sites is 1. The minimum Gasteiger partial charge on any atom is -0.322 e. The summed E-state index contributed by atoms with van der Waals surface area (Å²) in [5.41, 5.74) is 5.51. The predicted molar refractivity (Wildman–Crippen MR) is 103 cm³/mol. The second-order valence-corrected chi connectivity index (χ2v) is 6.84. The summed E-state index contributed by atoms with van der Waals surface area (Å²) < 4.78 is 0. The number of nitrogens with one attached hydrogen (secondary N) is 1. The Morgan fingerprint density at radius 1 is 0.958 bits per heavy atom. The first kappa shape index (κ1) is 18.0. The Hall–Kier alpha value is -2.35. The summed E-state index contributed by atoms with van der Waals surface area (Å²) in [5.74, 6) is 0.786. The highest BCUT2D eigenvalue weighted by atomic mass is 16.1. The zero-order chi connectivity index (χ0) is 17.7. The van der Waals surface area contributed by atoms with Crippen LogP contribution in [0.25, 0.3) is 6.08 Å².